The molecular formula is C20H26F2N2O2. The molecule has 3 aliphatic heterocycles. The molecule has 3 fully saturated rings. The van der Waals surface area contributed by atoms with Crippen molar-refractivity contribution in [3.05, 3.63) is 35.4 Å². The number of benzene rings is 1. The Bertz CT molecular complexity index is 668. The van der Waals surface area contributed by atoms with Crippen LogP contribution < -0.4 is 0 Å². The zero-order chi connectivity index (χ0) is 18.1. The number of carbonyl (C=O) groups is 1. The molecule has 0 N–H and O–H groups in total. The molecule has 4 rings (SSSR count). The minimum absolute atomic E-state index is 0.0539. The van der Waals surface area contributed by atoms with Crippen molar-refractivity contribution in [1.29, 1.82) is 0 Å². The summed E-state index contributed by atoms with van der Waals surface area (Å²) in [6.45, 7) is 6.01. The van der Waals surface area contributed by atoms with E-state index in [1.807, 2.05) is 4.90 Å². The third kappa shape index (κ3) is 3.76. The van der Waals surface area contributed by atoms with Crippen molar-refractivity contribution in [3.63, 3.8) is 0 Å². The molecule has 1 spiro atoms. The summed E-state index contributed by atoms with van der Waals surface area (Å²) >= 11 is 0. The van der Waals surface area contributed by atoms with Gasteiger partial charge in [0.25, 0.3) is 0 Å². The quantitative estimate of drug-likeness (QED) is 0.824. The predicted molar refractivity (Wildman–Crippen MR) is 93.4 cm³/mol. The van der Waals surface area contributed by atoms with Crippen LogP contribution in [0.4, 0.5) is 8.78 Å². The van der Waals surface area contributed by atoms with Gasteiger partial charge in [0.05, 0.1) is 6.61 Å². The van der Waals surface area contributed by atoms with Gasteiger partial charge in [-0.2, -0.15) is 0 Å². The molecule has 0 bridgehead atoms. The van der Waals surface area contributed by atoms with Crippen LogP contribution in [0.3, 0.4) is 0 Å². The first-order valence-corrected chi connectivity index (χ1v) is 9.55. The molecule has 6 heteroatoms. The largest absolute Gasteiger partial charge is 0.381 e. The zero-order valence-electron chi connectivity index (χ0n) is 15.1. The standard InChI is InChI=1S/C20H26F2N2O2/c21-17-2-1-15(9-18(17)22)12-24-14-20(10-19(24)25)4-6-23(7-5-20)11-16-3-8-26-13-16/h1-2,9,16H,3-8,10-14H2/t16-/m1/s1. The molecule has 0 aromatic heterocycles. The van der Waals surface area contributed by atoms with Crippen molar-refractivity contribution in [2.24, 2.45) is 11.3 Å². The number of hydrogen-bond acceptors (Lipinski definition) is 3. The van der Waals surface area contributed by atoms with E-state index in [2.05, 4.69) is 4.90 Å². The predicted octanol–water partition coefficient (Wildman–Crippen LogP) is 2.82. The Morgan fingerprint density at radius 3 is 2.69 bits per heavy atom. The number of rotatable bonds is 4. The maximum absolute atomic E-state index is 13.4. The minimum Gasteiger partial charge on any atom is -0.381 e. The minimum atomic E-state index is -0.854. The second-order valence-electron chi connectivity index (χ2n) is 8.21. The average Bonchev–Trinajstić information content (AvgIpc) is 3.22. The third-order valence-electron chi connectivity index (χ3n) is 6.22. The fraction of sp³-hybridized carbons (Fsp3) is 0.650. The number of halogens is 2. The lowest BCUT2D eigenvalue weighted by atomic mass is 9.77. The first-order chi connectivity index (χ1) is 12.5. The number of likely N-dealkylation sites (tertiary alicyclic amines) is 2. The van der Waals surface area contributed by atoms with Crippen LogP contribution in [0, 0.1) is 23.0 Å². The van der Waals surface area contributed by atoms with Crippen molar-refractivity contribution in [3.8, 4) is 0 Å². The van der Waals surface area contributed by atoms with Crippen LogP contribution in [0.25, 0.3) is 0 Å². The molecule has 1 aromatic rings. The van der Waals surface area contributed by atoms with E-state index in [1.165, 1.54) is 6.07 Å². The highest BCUT2D eigenvalue weighted by molar-refractivity contribution is 5.79. The number of hydrogen-bond donors (Lipinski definition) is 0. The molecule has 0 radical (unpaired) electrons. The molecule has 1 aromatic carbocycles. The summed E-state index contributed by atoms with van der Waals surface area (Å²) in [6.07, 6.45) is 3.79. The van der Waals surface area contributed by atoms with Crippen molar-refractivity contribution < 1.29 is 18.3 Å². The van der Waals surface area contributed by atoms with Crippen LogP contribution in [-0.2, 0) is 16.1 Å². The number of carbonyl (C=O) groups excluding carboxylic acids is 1. The van der Waals surface area contributed by atoms with E-state index in [4.69, 9.17) is 4.74 Å². The summed E-state index contributed by atoms with van der Waals surface area (Å²) in [5.41, 5.74) is 0.700. The molecule has 0 unspecified atom stereocenters. The third-order valence-corrected chi connectivity index (χ3v) is 6.22. The molecule has 0 saturated carbocycles. The highest BCUT2D eigenvalue weighted by Gasteiger charge is 2.44. The molecular weight excluding hydrogens is 338 g/mol. The van der Waals surface area contributed by atoms with E-state index in [0.29, 0.717) is 24.4 Å². The zero-order valence-corrected chi connectivity index (χ0v) is 15.1. The summed E-state index contributed by atoms with van der Waals surface area (Å²) in [4.78, 5) is 16.8. The van der Waals surface area contributed by atoms with Crippen LogP contribution in [0.15, 0.2) is 18.2 Å². The molecule has 1 amide bonds. The van der Waals surface area contributed by atoms with Crippen LogP contribution in [-0.4, -0.2) is 55.1 Å². The van der Waals surface area contributed by atoms with E-state index in [9.17, 15) is 13.6 Å². The first-order valence-electron chi connectivity index (χ1n) is 9.55. The topological polar surface area (TPSA) is 32.8 Å². The van der Waals surface area contributed by atoms with Crippen LogP contribution in [0.5, 0.6) is 0 Å². The maximum Gasteiger partial charge on any atom is 0.223 e. The van der Waals surface area contributed by atoms with Gasteiger partial charge < -0.3 is 14.5 Å². The van der Waals surface area contributed by atoms with Gasteiger partial charge in [0.1, 0.15) is 0 Å². The highest BCUT2D eigenvalue weighted by atomic mass is 19.2. The molecule has 3 saturated heterocycles. The molecule has 26 heavy (non-hydrogen) atoms. The summed E-state index contributed by atoms with van der Waals surface area (Å²) in [6, 6.07) is 3.88. The first kappa shape index (κ1) is 17.9. The molecule has 1 atom stereocenters. The summed E-state index contributed by atoms with van der Waals surface area (Å²) in [5.74, 6) is -0.919. The van der Waals surface area contributed by atoms with Crippen LogP contribution in [0.1, 0.15) is 31.2 Å². The van der Waals surface area contributed by atoms with Gasteiger partial charge in [0.15, 0.2) is 11.6 Å². The Balaban J connectivity index is 1.33. The van der Waals surface area contributed by atoms with E-state index in [0.717, 1.165) is 64.7 Å². The maximum atomic E-state index is 13.4. The Kier molecular flexibility index (Phi) is 4.97. The van der Waals surface area contributed by atoms with Gasteiger partial charge in [-0.05, 0) is 61.4 Å². The fourth-order valence-corrected chi connectivity index (χ4v) is 4.62. The summed E-state index contributed by atoms with van der Waals surface area (Å²) in [5, 5.41) is 0. The van der Waals surface area contributed by atoms with Crippen molar-refractivity contribution in [2.45, 2.75) is 32.2 Å². The number of piperidine rings is 1. The number of ether oxygens (including phenoxy) is 1. The van der Waals surface area contributed by atoms with Crippen molar-refractivity contribution in [2.75, 3.05) is 39.4 Å². The Morgan fingerprint density at radius 2 is 2.00 bits per heavy atom. The van der Waals surface area contributed by atoms with Gasteiger partial charge in [-0.15, -0.1) is 0 Å². The second kappa shape index (κ2) is 7.24. The van der Waals surface area contributed by atoms with E-state index in [-0.39, 0.29) is 11.3 Å². The van der Waals surface area contributed by atoms with Gasteiger partial charge in [-0.3, -0.25) is 4.79 Å². The molecule has 142 valence electrons. The Labute approximate surface area is 153 Å². The molecule has 0 aliphatic carbocycles. The lowest BCUT2D eigenvalue weighted by Crippen LogP contribution is -2.43. The molecule has 3 aliphatic rings. The van der Waals surface area contributed by atoms with Gasteiger partial charge in [0.2, 0.25) is 5.91 Å². The molecule has 4 nitrogen and oxygen atoms in total. The van der Waals surface area contributed by atoms with Crippen molar-refractivity contribution >= 4 is 5.91 Å². The lowest BCUT2D eigenvalue weighted by Gasteiger charge is -2.39. The Morgan fingerprint density at radius 1 is 1.19 bits per heavy atom. The Hall–Kier alpha value is -1.53. The number of amides is 1. The smallest absolute Gasteiger partial charge is 0.223 e. The summed E-state index contributed by atoms with van der Waals surface area (Å²) < 4.78 is 32.0. The summed E-state index contributed by atoms with van der Waals surface area (Å²) in [7, 11) is 0. The normalized spacial score (nSPS) is 26.2. The van der Waals surface area contributed by atoms with Crippen LogP contribution >= 0.6 is 0 Å². The molecule has 3 heterocycles. The second-order valence-corrected chi connectivity index (χ2v) is 8.21. The van der Waals surface area contributed by atoms with Gasteiger partial charge in [-0.25, -0.2) is 8.78 Å². The SMILES string of the molecule is O=C1CC2(CCN(C[C@H]3CCOC3)CC2)CN1Cc1ccc(F)c(F)c1. The van der Waals surface area contributed by atoms with E-state index >= 15 is 0 Å². The highest BCUT2D eigenvalue weighted by Crippen LogP contribution is 2.41. The van der Waals surface area contributed by atoms with Crippen LogP contribution in [0.2, 0.25) is 0 Å². The van der Waals surface area contributed by atoms with Gasteiger partial charge >= 0.3 is 0 Å². The van der Waals surface area contributed by atoms with Gasteiger partial charge in [0, 0.05) is 32.7 Å². The number of nitrogens with zero attached hydrogens (tertiary/aromatic N) is 2. The van der Waals surface area contributed by atoms with E-state index < -0.39 is 11.6 Å². The van der Waals surface area contributed by atoms with E-state index in [1.54, 1.807) is 6.07 Å². The van der Waals surface area contributed by atoms with Crippen molar-refractivity contribution in [1.82, 2.24) is 9.80 Å². The van der Waals surface area contributed by atoms with Gasteiger partial charge in [-0.1, -0.05) is 6.07 Å². The lowest BCUT2D eigenvalue weighted by molar-refractivity contribution is -0.128. The average molecular weight is 364 g/mol. The monoisotopic (exact) mass is 364 g/mol. The fourth-order valence-electron chi connectivity index (χ4n) is 4.62.